The molecule has 9 rings (SSSR count). The quantitative estimate of drug-likeness (QED) is 0.181. The average Bonchev–Trinajstić information content (AvgIpc) is 3.49. The van der Waals surface area contributed by atoms with Crippen LogP contribution in [-0.4, -0.2) is 14.5 Å². The second kappa shape index (κ2) is 11.2. The van der Waals surface area contributed by atoms with Gasteiger partial charge in [0.05, 0.1) is 22.2 Å². The highest BCUT2D eigenvalue weighted by Gasteiger charge is 2.24. The van der Waals surface area contributed by atoms with Crippen LogP contribution in [0.3, 0.4) is 0 Å². The van der Waals surface area contributed by atoms with Gasteiger partial charge >= 0.3 is 0 Å². The molecule has 0 unspecified atom stereocenters. The van der Waals surface area contributed by atoms with Crippen molar-refractivity contribution in [3.05, 3.63) is 181 Å². The molecule has 2 aromatic heterocycles. The molecule has 0 amide bonds. The first kappa shape index (κ1) is 27.9. The Morgan fingerprint density at radius 1 is 0.542 bits per heavy atom. The van der Waals surface area contributed by atoms with Crippen molar-refractivity contribution in [2.75, 3.05) is 0 Å². The summed E-state index contributed by atoms with van der Waals surface area (Å²) in [6.07, 6.45) is 0. The maximum atomic E-state index is 5.37. The summed E-state index contributed by atoms with van der Waals surface area (Å²) in [7, 11) is 0. The molecule has 0 aliphatic carbocycles. The van der Waals surface area contributed by atoms with E-state index in [4.69, 9.17) is 16.5 Å². The Labute approximate surface area is 279 Å². The van der Waals surface area contributed by atoms with Gasteiger partial charge in [0.2, 0.25) is 0 Å². The fourth-order valence-electron chi connectivity index (χ4n) is 7.23. The fourth-order valence-corrected chi connectivity index (χ4v) is 7.23. The number of benzene rings is 7. The lowest BCUT2D eigenvalue weighted by molar-refractivity contribution is 1.16. The number of hydrogen-bond acceptors (Lipinski definition) is 2. The zero-order valence-electron chi connectivity index (χ0n) is 26.6. The topological polar surface area (TPSA) is 30.7 Å². The van der Waals surface area contributed by atoms with Crippen molar-refractivity contribution in [2.45, 2.75) is 6.92 Å². The van der Waals surface area contributed by atoms with Crippen molar-refractivity contribution < 1.29 is 0 Å². The standard InChI is InChI=1S/C45H31N3/c1-29-15-9-11-21-34(29)37-27-28-38-36-23-13-14-24-40(36)48(33-19-7-4-8-20-33)44(38)41(37)30(2)45-46-42(32-17-5-3-6-18-32)39-26-25-31-16-10-12-22-35(31)43(39)47-45/h3-28H,2H2,1H3. The molecular weight excluding hydrogens is 583 g/mol. The van der Waals surface area contributed by atoms with Crippen LogP contribution in [0.5, 0.6) is 0 Å². The van der Waals surface area contributed by atoms with Crippen LogP contribution in [-0.2, 0) is 0 Å². The number of nitrogens with zero attached hydrogens (tertiary/aromatic N) is 3. The van der Waals surface area contributed by atoms with Gasteiger partial charge in [0.1, 0.15) is 0 Å². The third-order valence-electron chi connectivity index (χ3n) is 9.50. The summed E-state index contributed by atoms with van der Waals surface area (Å²) in [6, 6.07) is 55.5. The molecule has 7 aromatic carbocycles. The van der Waals surface area contributed by atoms with E-state index < -0.39 is 0 Å². The second-order valence-corrected chi connectivity index (χ2v) is 12.3. The van der Waals surface area contributed by atoms with Crippen LogP contribution in [0.1, 0.15) is 17.0 Å². The van der Waals surface area contributed by atoms with Crippen molar-refractivity contribution >= 4 is 49.1 Å². The van der Waals surface area contributed by atoms with E-state index in [-0.39, 0.29) is 0 Å². The molecule has 0 bridgehead atoms. The van der Waals surface area contributed by atoms with Gasteiger partial charge in [-0.1, -0.05) is 140 Å². The predicted molar refractivity (Wildman–Crippen MR) is 202 cm³/mol. The van der Waals surface area contributed by atoms with Gasteiger partial charge in [-0.3, -0.25) is 0 Å². The Kier molecular flexibility index (Phi) is 6.51. The Balaban J connectivity index is 1.43. The molecule has 0 atom stereocenters. The highest BCUT2D eigenvalue weighted by Crippen LogP contribution is 2.43. The smallest absolute Gasteiger partial charge is 0.160 e. The first-order chi connectivity index (χ1) is 23.7. The van der Waals surface area contributed by atoms with E-state index in [0.717, 1.165) is 77.3 Å². The van der Waals surface area contributed by atoms with Gasteiger partial charge in [-0.15, -0.1) is 0 Å². The van der Waals surface area contributed by atoms with Crippen molar-refractivity contribution in [1.82, 2.24) is 14.5 Å². The summed E-state index contributed by atoms with van der Waals surface area (Å²) >= 11 is 0. The van der Waals surface area contributed by atoms with E-state index in [2.05, 4.69) is 163 Å². The van der Waals surface area contributed by atoms with Crippen molar-refractivity contribution in [3.8, 4) is 28.1 Å². The number of rotatable bonds is 5. The Bertz CT molecular complexity index is 2690. The molecule has 48 heavy (non-hydrogen) atoms. The zero-order chi connectivity index (χ0) is 32.2. The Morgan fingerprint density at radius 3 is 2.02 bits per heavy atom. The van der Waals surface area contributed by atoms with Crippen LogP contribution in [0, 0.1) is 6.92 Å². The zero-order valence-corrected chi connectivity index (χ0v) is 26.6. The van der Waals surface area contributed by atoms with E-state index >= 15 is 0 Å². The number of aromatic nitrogens is 3. The molecular formula is C45H31N3. The Morgan fingerprint density at radius 2 is 1.21 bits per heavy atom. The molecule has 0 spiro atoms. The summed E-state index contributed by atoms with van der Waals surface area (Å²) in [5.41, 5.74) is 11.5. The fraction of sp³-hybridized carbons (Fsp3) is 0.0222. The van der Waals surface area contributed by atoms with E-state index in [1.807, 2.05) is 6.07 Å². The minimum absolute atomic E-state index is 0.616. The average molecular weight is 614 g/mol. The maximum absolute atomic E-state index is 5.37. The number of para-hydroxylation sites is 2. The summed E-state index contributed by atoms with van der Waals surface area (Å²) in [5, 5.41) is 5.62. The van der Waals surface area contributed by atoms with E-state index in [1.54, 1.807) is 0 Å². The maximum Gasteiger partial charge on any atom is 0.160 e. The van der Waals surface area contributed by atoms with Crippen molar-refractivity contribution in [3.63, 3.8) is 0 Å². The summed E-state index contributed by atoms with van der Waals surface area (Å²) < 4.78 is 2.38. The van der Waals surface area contributed by atoms with Gasteiger partial charge in [0, 0.05) is 43.9 Å². The monoisotopic (exact) mass is 613 g/mol. The molecule has 0 radical (unpaired) electrons. The third-order valence-corrected chi connectivity index (χ3v) is 9.50. The third kappa shape index (κ3) is 4.36. The summed E-state index contributed by atoms with van der Waals surface area (Å²) in [4.78, 5) is 10.7. The lowest BCUT2D eigenvalue weighted by Crippen LogP contribution is -2.04. The summed E-state index contributed by atoms with van der Waals surface area (Å²) in [5.74, 6) is 0.616. The molecule has 2 heterocycles. The van der Waals surface area contributed by atoms with E-state index in [1.165, 1.54) is 10.9 Å². The summed E-state index contributed by atoms with van der Waals surface area (Å²) in [6.45, 7) is 7.02. The van der Waals surface area contributed by atoms with Gasteiger partial charge in [-0.25, -0.2) is 9.97 Å². The molecule has 0 aliphatic rings. The van der Waals surface area contributed by atoms with Crippen LogP contribution >= 0.6 is 0 Å². The highest BCUT2D eigenvalue weighted by molar-refractivity contribution is 6.16. The minimum atomic E-state index is 0.616. The van der Waals surface area contributed by atoms with Crippen LogP contribution in [0.25, 0.3) is 77.1 Å². The first-order valence-corrected chi connectivity index (χ1v) is 16.3. The van der Waals surface area contributed by atoms with Crippen LogP contribution in [0.15, 0.2) is 164 Å². The molecule has 0 fully saturated rings. The second-order valence-electron chi connectivity index (χ2n) is 12.3. The van der Waals surface area contributed by atoms with Crippen LogP contribution < -0.4 is 0 Å². The van der Waals surface area contributed by atoms with Gasteiger partial charge < -0.3 is 4.57 Å². The molecule has 3 heteroatoms. The largest absolute Gasteiger partial charge is 0.309 e. The molecule has 226 valence electrons. The lowest BCUT2D eigenvalue weighted by Gasteiger charge is -2.19. The first-order valence-electron chi connectivity index (χ1n) is 16.3. The van der Waals surface area contributed by atoms with Gasteiger partial charge in [-0.05, 0) is 53.3 Å². The van der Waals surface area contributed by atoms with Crippen LogP contribution in [0.2, 0.25) is 0 Å². The molecule has 0 N–H and O–H groups in total. The number of aryl methyl sites for hydroxylation is 1. The minimum Gasteiger partial charge on any atom is -0.309 e. The number of hydrogen-bond donors (Lipinski definition) is 0. The van der Waals surface area contributed by atoms with Gasteiger partial charge in [-0.2, -0.15) is 0 Å². The molecule has 0 saturated heterocycles. The van der Waals surface area contributed by atoms with E-state index in [9.17, 15) is 0 Å². The molecule has 0 saturated carbocycles. The van der Waals surface area contributed by atoms with E-state index in [0.29, 0.717) is 5.82 Å². The van der Waals surface area contributed by atoms with Crippen molar-refractivity contribution in [2.24, 2.45) is 0 Å². The molecule has 0 aliphatic heterocycles. The van der Waals surface area contributed by atoms with Gasteiger partial charge in [0.15, 0.2) is 5.82 Å². The molecule has 3 nitrogen and oxygen atoms in total. The number of fused-ring (bicyclic) bond motifs is 6. The van der Waals surface area contributed by atoms with Gasteiger partial charge in [0.25, 0.3) is 0 Å². The lowest BCUT2D eigenvalue weighted by atomic mass is 9.90. The Hall–Kier alpha value is -6.32. The van der Waals surface area contributed by atoms with Crippen LogP contribution in [0.4, 0.5) is 0 Å². The normalized spacial score (nSPS) is 11.5. The predicted octanol–water partition coefficient (Wildman–Crippen LogP) is 11.6. The van der Waals surface area contributed by atoms with Crippen molar-refractivity contribution in [1.29, 1.82) is 0 Å². The SMILES string of the molecule is C=C(c1nc(-c2ccccc2)c2ccc3ccccc3c2n1)c1c(-c2ccccc2C)ccc2c3ccccc3n(-c3ccccc3)c12. The molecule has 9 aromatic rings. The highest BCUT2D eigenvalue weighted by atomic mass is 15.0.